The van der Waals surface area contributed by atoms with E-state index in [4.69, 9.17) is 5.73 Å². The van der Waals surface area contributed by atoms with E-state index in [-0.39, 0.29) is 5.91 Å². The summed E-state index contributed by atoms with van der Waals surface area (Å²) in [7, 11) is 0. The Labute approximate surface area is 114 Å². The first kappa shape index (κ1) is 13.8. The molecule has 1 aromatic heterocycles. The predicted octanol–water partition coefficient (Wildman–Crippen LogP) is 0.999. The first-order valence-corrected chi connectivity index (χ1v) is 6.81. The number of amides is 1. The van der Waals surface area contributed by atoms with Crippen molar-refractivity contribution in [1.82, 2.24) is 9.88 Å². The van der Waals surface area contributed by atoms with Crippen molar-refractivity contribution in [3.05, 3.63) is 23.9 Å². The number of anilines is 1. The zero-order valence-electron chi connectivity index (χ0n) is 11.4. The van der Waals surface area contributed by atoms with Crippen LogP contribution in [-0.2, 0) is 4.79 Å². The molecule has 1 atom stereocenters. The molecule has 0 bridgehead atoms. The Morgan fingerprint density at radius 2 is 2.42 bits per heavy atom. The Morgan fingerprint density at radius 3 is 3.16 bits per heavy atom. The Bertz CT molecular complexity index is 435. The normalized spacial score (nSPS) is 19.5. The Hall–Kier alpha value is -1.62. The summed E-state index contributed by atoms with van der Waals surface area (Å²) in [6.07, 6.45) is 1.62. The van der Waals surface area contributed by atoms with Crippen LogP contribution >= 0.6 is 0 Å². The number of pyridine rings is 1. The molecule has 5 nitrogen and oxygen atoms in total. The summed E-state index contributed by atoms with van der Waals surface area (Å²) in [5, 5.41) is 3.38. The van der Waals surface area contributed by atoms with Gasteiger partial charge in [0.25, 0.3) is 0 Å². The number of nitrogens with zero attached hydrogens (tertiary/aromatic N) is 2. The minimum atomic E-state index is -0.217. The SMILES string of the molecule is Cc1cccc(NCC2CCN(CCC(N)=O)C2)n1. The van der Waals surface area contributed by atoms with Gasteiger partial charge in [-0.1, -0.05) is 6.07 Å². The Kier molecular flexibility index (Phi) is 4.74. The number of rotatable bonds is 6. The monoisotopic (exact) mass is 262 g/mol. The first-order chi connectivity index (χ1) is 9.13. The highest BCUT2D eigenvalue weighted by Gasteiger charge is 2.22. The van der Waals surface area contributed by atoms with Crippen molar-refractivity contribution in [2.75, 3.05) is 31.5 Å². The van der Waals surface area contributed by atoms with Crippen molar-refractivity contribution < 1.29 is 4.79 Å². The first-order valence-electron chi connectivity index (χ1n) is 6.81. The lowest BCUT2D eigenvalue weighted by Gasteiger charge is -2.15. The van der Waals surface area contributed by atoms with Gasteiger partial charge in [-0.25, -0.2) is 4.98 Å². The van der Waals surface area contributed by atoms with Crippen molar-refractivity contribution in [2.24, 2.45) is 11.7 Å². The lowest BCUT2D eigenvalue weighted by atomic mass is 10.1. The van der Waals surface area contributed by atoms with Gasteiger partial charge < -0.3 is 16.0 Å². The number of hydrogen-bond donors (Lipinski definition) is 2. The summed E-state index contributed by atoms with van der Waals surface area (Å²) in [6, 6.07) is 6.00. The van der Waals surface area contributed by atoms with Crippen LogP contribution in [-0.4, -0.2) is 42.0 Å². The zero-order valence-corrected chi connectivity index (χ0v) is 11.4. The van der Waals surface area contributed by atoms with Crippen LogP contribution in [0.3, 0.4) is 0 Å². The van der Waals surface area contributed by atoms with Gasteiger partial charge in [-0.15, -0.1) is 0 Å². The van der Waals surface area contributed by atoms with Crippen LogP contribution < -0.4 is 11.1 Å². The number of nitrogens with two attached hydrogens (primary N) is 1. The molecule has 104 valence electrons. The fourth-order valence-corrected chi connectivity index (χ4v) is 2.44. The quantitative estimate of drug-likeness (QED) is 0.802. The molecule has 1 unspecified atom stereocenters. The molecule has 0 radical (unpaired) electrons. The highest BCUT2D eigenvalue weighted by molar-refractivity contribution is 5.73. The van der Waals surface area contributed by atoms with Crippen molar-refractivity contribution in [3.63, 3.8) is 0 Å². The highest BCUT2D eigenvalue weighted by Crippen LogP contribution is 2.17. The van der Waals surface area contributed by atoms with E-state index in [9.17, 15) is 4.79 Å². The zero-order chi connectivity index (χ0) is 13.7. The fourth-order valence-electron chi connectivity index (χ4n) is 2.44. The average Bonchev–Trinajstić information content (AvgIpc) is 2.82. The van der Waals surface area contributed by atoms with Gasteiger partial charge >= 0.3 is 0 Å². The highest BCUT2D eigenvalue weighted by atomic mass is 16.1. The number of primary amides is 1. The fraction of sp³-hybridized carbons (Fsp3) is 0.571. The smallest absolute Gasteiger partial charge is 0.218 e. The molecule has 5 heteroatoms. The second kappa shape index (κ2) is 6.52. The summed E-state index contributed by atoms with van der Waals surface area (Å²) in [5.41, 5.74) is 6.20. The molecule has 0 spiro atoms. The molecule has 2 rings (SSSR count). The topological polar surface area (TPSA) is 71.2 Å². The van der Waals surface area contributed by atoms with Crippen LogP contribution in [0.25, 0.3) is 0 Å². The number of hydrogen-bond acceptors (Lipinski definition) is 4. The van der Waals surface area contributed by atoms with E-state index in [0.717, 1.165) is 44.1 Å². The maximum atomic E-state index is 10.8. The number of aryl methyl sites for hydroxylation is 1. The van der Waals surface area contributed by atoms with Crippen molar-refractivity contribution in [3.8, 4) is 0 Å². The van der Waals surface area contributed by atoms with Crippen LogP contribution in [0.1, 0.15) is 18.5 Å². The van der Waals surface area contributed by atoms with E-state index in [1.54, 1.807) is 0 Å². The van der Waals surface area contributed by atoms with Crippen molar-refractivity contribution in [1.29, 1.82) is 0 Å². The maximum Gasteiger partial charge on any atom is 0.218 e. The van der Waals surface area contributed by atoms with Gasteiger partial charge in [0, 0.05) is 31.7 Å². The molecular formula is C14H22N4O. The van der Waals surface area contributed by atoms with Crippen molar-refractivity contribution in [2.45, 2.75) is 19.8 Å². The number of aromatic nitrogens is 1. The molecule has 1 aromatic rings. The van der Waals surface area contributed by atoms with Crippen LogP contribution in [0.4, 0.5) is 5.82 Å². The van der Waals surface area contributed by atoms with Gasteiger partial charge in [0.15, 0.2) is 0 Å². The van der Waals surface area contributed by atoms with E-state index in [1.807, 2.05) is 25.1 Å². The van der Waals surface area contributed by atoms with Crippen LogP contribution in [0, 0.1) is 12.8 Å². The molecular weight excluding hydrogens is 240 g/mol. The third kappa shape index (κ3) is 4.52. The summed E-state index contributed by atoms with van der Waals surface area (Å²) in [4.78, 5) is 17.5. The maximum absolute atomic E-state index is 10.8. The number of likely N-dealkylation sites (tertiary alicyclic amines) is 1. The molecule has 2 heterocycles. The predicted molar refractivity (Wildman–Crippen MR) is 75.8 cm³/mol. The summed E-state index contributed by atoms with van der Waals surface area (Å²) >= 11 is 0. The van der Waals surface area contributed by atoms with Gasteiger partial charge in [-0.2, -0.15) is 0 Å². The van der Waals surface area contributed by atoms with Crippen molar-refractivity contribution >= 4 is 11.7 Å². The van der Waals surface area contributed by atoms with Gasteiger partial charge in [-0.3, -0.25) is 4.79 Å². The Morgan fingerprint density at radius 1 is 1.58 bits per heavy atom. The molecule has 1 amide bonds. The van der Waals surface area contributed by atoms with Crippen LogP contribution in [0.5, 0.6) is 0 Å². The minimum Gasteiger partial charge on any atom is -0.370 e. The molecule has 0 saturated carbocycles. The number of carbonyl (C=O) groups excluding carboxylic acids is 1. The van der Waals surface area contributed by atoms with E-state index >= 15 is 0 Å². The van der Waals surface area contributed by atoms with E-state index in [0.29, 0.717) is 12.3 Å². The summed E-state index contributed by atoms with van der Waals surface area (Å²) in [6.45, 7) is 5.80. The van der Waals surface area contributed by atoms with E-state index < -0.39 is 0 Å². The molecule has 1 aliphatic heterocycles. The number of carbonyl (C=O) groups is 1. The standard InChI is InChI=1S/C14H22N4O/c1-11-3-2-4-14(17-11)16-9-12-5-7-18(10-12)8-6-13(15)19/h2-4,12H,5-10H2,1H3,(H2,15,19)(H,16,17). The lowest BCUT2D eigenvalue weighted by molar-refractivity contribution is -0.118. The van der Waals surface area contributed by atoms with E-state index in [1.165, 1.54) is 0 Å². The molecule has 1 fully saturated rings. The van der Waals surface area contributed by atoms with Gasteiger partial charge in [0.2, 0.25) is 5.91 Å². The lowest BCUT2D eigenvalue weighted by Crippen LogP contribution is -2.27. The molecule has 1 saturated heterocycles. The second-order valence-electron chi connectivity index (χ2n) is 5.22. The third-order valence-electron chi connectivity index (χ3n) is 3.50. The van der Waals surface area contributed by atoms with Crippen LogP contribution in [0.2, 0.25) is 0 Å². The molecule has 3 N–H and O–H groups in total. The molecule has 1 aliphatic rings. The Balaban J connectivity index is 1.72. The number of nitrogens with one attached hydrogen (secondary N) is 1. The average molecular weight is 262 g/mol. The van der Waals surface area contributed by atoms with Crippen LogP contribution in [0.15, 0.2) is 18.2 Å². The van der Waals surface area contributed by atoms with Gasteiger partial charge in [-0.05, 0) is 37.9 Å². The minimum absolute atomic E-state index is 0.217. The molecule has 0 aromatic carbocycles. The molecule has 19 heavy (non-hydrogen) atoms. The third-order valence-corrected chi connectivity index (χ3v) is 3.50. The second-order valence-corrected chi connectivity index (χ2v) is 5.22. The van der Waals surface area contributed by atoms with Gasteiger partial charge in [0.1, 0.15) is 5.82 Å². The molecule has 0 aliphatic carbocycles. The van der Waals surface area contributed by atoms with E-state index in [2.05, 4.69) is 15.2 Å². The summed E-state index contributed by atoms with van der Waals surface area (Å²) < 4.78 is 0. The van der Waals surface area contributed by atoms with Gasteiger partial charge in [0.05, 0.1) is 0 Å². The largest absolute Gasteiger partial charge is 0.370 e. The summed E-state index contributed by atoms with van der Waals surface area (Å²) in [5.74, 6) is 1.34.